The van der Waals surface area contributed by atoms with Crippen molar-refractivity contribution >= 4 is 34.6 Å². The van der Waals surface area contributed by atoms with Crippen molar-refractivity contribution in [2.45, 2.75) is 50.5 Å². The highest BCUT2D eigenvalue weighted by Crippen LogP contribution is 2.50. The smallest absolute Gasteiger partial charge is 0.235 e. The summed E-state index contributed by atoms with van der Waals surface area (Å²) in [6.07, 6.45) is 16.2. The maximum atomic E-state index is 14.0. The van der Waals surface area contributed by atoms with Gasteiger partial charge in [0.25, 0.3) is 0 Å². The van der Waals surface area contributed by atoms with Crippen LogP contribution in [0.5, 0.6) is 5.75 Å². The number of primary amides is 1. The number of Topliss-reactive ketones (excluding diaryl/α,β-unsaturated/α-hetero) is 4. The van der Waals surface area contributed by atoms with Gasteiger partial charge in [-0.25, -0.2) is 0 Å². The van der Waals surface area contributed by atoms with Gasteiger partial charge in [-0.3, -0.25) is 28.9 Å². The Bertz CT molecular complexity index is 1540. The van der Waals surface area contributed by atoms with Crippen LogP contribution in [0.3, 0.4) is 0 Å². The Morgan fingerprint density at radius 2 is 1.70 bits per heavy atom. The second-order valence-corrected chi connectivity index (χ2v) is 12.5. The second-order valence-electron chi connectivity index (χ2n) is 12.5. The summed E-state index contributed by atoms with van der Waals surface area (Å²) in [4.78, 5) is 67.9. The van der Waals surface area contributed by atoms with E-state index < -0.39 is 58.3 Å². The second kappa shape index (κ2) is 11.3. The van der Waals surface area contributed by atoms with E-state index in [1.165, 1.54) is 24.5 Å². The number of hydrogen-bond donors (Lipinski definition) is 3. The van der Waals surface area contributed by atoms with E-state index in [2.05, 4.69) is 23.1 Å². The SMILES string of the molecule is NC(=O)C1C(=O)C[C@@H]2C[C@@H]3Cc4c(C5=CC=C(CN6CCCC6)CC=CC=CC5)ccc(O)c4C(=O)C3C(=O)[C@]2(O)C1=O. The Hall–Kier alpha value is -3.95. The number of likely N-dealkylation sites (tertiary alicyclic amines) is 1. The Labute approximate surface area is 249 Å². The van der Waals surface area contributed by atoms with Crippen LogP contribution in [0, 0.1) is 23.7 Å². The van der Waals surface area contributed by atoms with Crippen molar-refractivity contribution in [3.05, 3.63) is 70.9 Å². The average molecular weight is 585 g/mol. The molecule has 0 spiro atoms. The summed E-state index contributed by atoms with van der Waals surface area (Å²) < 4.78 is 0. The van der Waals surface area contributed by atoms with Crippen molar-refractivity contribution in [2.24, 2.45) is 29.4 Å². The van der Waals surface area contributed by atoms with Gasteiger partial charge in [-0.15, -0.1) is 0 Å². The minimum atomic E-state index is -2.65. The van der Waals surface area contributed by atoms with Crippen molar-refractivity contribution < 1.29 is 34.2 Å². The molecule has 0 radical (unpaired) electrons. The number of amides is 1. The van der Waals surface area contributed by atoms with Gasteiger partial charge in [0.2, 0.25) is 5.91 Å². The van der Waals surface area contributed by atoms with Crippen molar-refractivity contribution in [3.63, 3.8) is 0 Å². The molecule has 1 heterocycles. The van der Waals surface area contributed by atoms with Crippen LogP contribution >= 0.6 is 0 Å². The number of rotatable bonds is 4. The Kier molecular flexibility index (Phi) is 7.64. The van der Waals surface area contributed by atoms with Gasteiger partial charge >= 0.3 is 0 Å². The van der Waals surface area contributed by atoms with E-state index in [1.54, 1.807) is 6.07 Å². The molecule has 5 aliphatic rings. The lowest BCUT2D eigenvalue weighted by Crippen LogP contribution is -2.68. The largest absolute Gasteiger partial charge is 0.507 e. The number of phenols is 1. The summed E-state index contributed by atoms with van der Waals surface area (Å²) in [5, 5.41) is 22.3. The molecule has 6 rings (SSSR count). The predicted molar refractivity (Wildman–Crippen MR) is 158 cm³/mol. The van der Waals surface area contributed by atoms with Crippen LogP contribution in [-0.4, -0.2) is 69.4 Å². The maximum absolute atomic E-state index is 14.0. The molecular formula is C34H36N2O7. The highest BCUT2D eigenvalue weighted by atomic mass is 16.3. The number of ketones is 4. The fourth-order valence-electron chi connectivity index (χ4n) is 7.74. The first-order valence-electron chi connectivity index (χ1n) is 15.1. The summed E-state index contributed by atoms with van der Waals surface area (Å²) in [5.41, 5.74) is 6.28. The molecule has 4 N–H and O–H groups in total. The minimum absolute atomic E-state index is 0.0167. The van der Waals surface area contributed by atoms with Gasteiger partial charge in [0, 0.05) is 18.9 Å². The van der Waals surface area contributed by atoms with Crippen LogP contribution in [-0.2, 0) is 25.6 Å². The van der Waals surface area contributed by atoms with E-state index in [-0.39, 0.29) is 30.6 Å². The number of aromatic hydroxyl groups is 1. The number of fused-ring (bicyclic) bond motifs is 3. The predicted octanol–water partition coefficient (Wildman–Crippen LogP) is 2.64. The molecule has 0 aromatic heterocycles. The minimum Gasteiger partial charge on any atom is -0.507 e. The number of allylic oxidation sites excluding steroid dienone is 7. The molecule has 5 atom stereocenters. The fraction of sp³-hybridized carbons (Fsp3) is 0.441. The molecule has 1 aromatic rings. The molecule has 1 aliphatic heterocycles. The first-order valence-corrected chi connectivity index (χ1v) is 15.1. The molecule has 0 bridgehead atoms. The third kappa shape index (κ3) is 4.94. The zero-order valence-corrected chi connectivity index (χ0v) is 24.0. The van der Waals surface area contributed by atoms with Gasteiger partial charge in [0.05, 0.1) is 11.5 Å². The van der Waals surface area contributed by atoms with E-state index in [0.29, 0.717) is 12.0 Å². The van der Waals surface area contributed by atoms with Crippen LogP contribution in [0.15, 0.2) is 54.2 Å². The lowest BCUT2D eigenvalue weighted by molar-refractivity contribution is -0.175. The Morgan fingerprint density at radius 3 is 2.42 bits per heavy atom. The summed E-state index contributed by atoms with van der Waals surface area (Å²) in [6.45, 7) is 3.06. The van der Waals surface area contributed by atoms with E-state index in [1.807, 2.05) is 18.2 Å². The molecule has 9 heteroatoms. The number of nitrogens with two attached hydrogens (primary N) is 1. The summed E-state index contributed by atoms with van der Waals surface area (Å²) in [5.74, 6) is -10.1. The molecule has 43 heavy (non-hydrogen) atoms. The molecule has 4 aliphatic carbocycles. The number of nitrogens with zero attached hydrogens (tertiary/aromatic N) is 1. The van der Waals surface area contributed by atoms with Crippen LogP contribution in [0.25, 0.3) is 5.57 Å². The van der Waals surface area contributed by atoms with E-state index in [9.17, 15) is 34.2 Å². The third-order valence-electron chi connectivity index (χ3n) is 9.88. The molecule has 1 saturated heterocycles. The van der Waals surface area contributed by atoms with Crippen LogP contribution < -0.4 is 5.73 Å². The summed E-state index contributed by atoms with van der Waals surface area (Å²) in [6, 6.07) is 3.24. The van der Waals surface area contributed by atoms with Gasteiger partial charge in [-0.1, -0.05) is 48.1 Å². The molecule has 1 amide bonds. The quantitative estimate of drug-likeness (QED) is 0.457. The molecule has 224 valence electrons. The average Bonchev–Trinajstić information content (AvgIpc) is 3.47. The van der Waals surface area contributed by atoms with Gasteiger partial charge in [0.15, 0.2) is 34.7 Å². The number of hydrogen-bond acceptors (Lipinski definition) is 8. The topological polar surface area (TPSA) is 155 Å². The summed E-state index contributed by atoms with van der Waals surface area (Å²) >= 11 is 0. The van der Waals surface area contributed by atoms with Gasteiger partial charge in [-0.05, 0) is 80.3 Å². The van der Waals surface area contributed by atoms with Crippen LogP contribution in [0.1, 0.15) is 60.0 Å². The number of aliphatic hydroxyl groups is 1. The Morgan fingerprint density at radius 1 is 0.977 bits per heavy atom. The highest BCUT2D eigenvalue weighted by Gasteiger charge is 2.66. The van der Waals surface area contributed by atoms with Crippen molar-refractivity contribution in [2.75, 3.05) is 19.6 Å². The first-order chi connectivity index (χ1) is 20.6. The lowest BCUT2D eigenvalue weighted by atomic mass is 9.53. The fourth-order valence-corrected chi connectivity index (χ4v) is 7.74. The van der Waals surface area contributed by atoms with Crippen molar-refractivity contribution in [1.82, 2.24) is 4.90 Å². The van der Waals surface area contributed by atoms with Crippen molar-refractivity contribution in [3.8, 4) is 5.75 Å². The molecular weight excluding hydrogens is 548 g/mol. The highest BCUT2D eigenvalue weighted by molar-refractivity contribution is 6.31. The van der Waals surface area contributed by atoms with E-state index in [0.717, 1.165) is 37.2 Å². The number of phenolic OH excluding ortho intramolecular Hbond substituents is 1. The lowest BCUT2D eigenvalue weighted by Gasteiger charge is -2.48. The molecule has 9 nitrogen and oxygen atoms in total. The monoisotopic (exact) mass is 584 g/mol. The third-order valence-corrected chi connectivity index (χ3v) is 9.88. The Balaban J connectivity index is 1.38. The van der Waals surface area contributed by atoms with Gasteiger partial charge in [0.1, 0.15) is 5.75 Å². The number of carbonyl (C=O) groups excluding carboxylic acids is 5. The molecule has 2 unspecified atom stereocenters. The maximum Gasteiger partial charge on any atom is 0.235 e. The summed E-state index contributed by atoms with van der Waals surface area (Å²) in [7, 11) is 0. The van der Waals surface area contributed by atoms with Crippen LogP contribution in [0.2, 0.25) is 0 Å². The van der Waals surface area contributed by atoms with Gasteiger partial charge in [-0.2, -0.15) is 0 Å². The number of carbonyl (C=O) groups is 5. The van der Waals surface area contributed by atoms with Crippen LogP contribution in [0.4, 0.5) is 0 Å². The number of benzene rings is 1. The van der Waals surface area contributed by atoms with Gasteiger partial charge < -0.3 is 15.9 Å². The van der Waals surface area contributed by atoms with Crippen molar-refractivity contribution in [1.29, 1.82) is 0 Å². The first kappa shape index (κ1) is 29.1. The van der Waals surface area contributed by atoms with E-state index >= 15 is 0 Å². The normalized spacial score (nSPS) is 31.2. The zero-order valence-electron chi connectivity index (χ0n) is 24.0. The molecule has 1 aromatic carbocycles. The molecule has 2 saturated carbocycles. The van der Waals surface area contributed by atoms with E-state index in [4.69, 9.17) is 5.73 Å². The standard InChI is InChI=1S/C34H36N2O7/c35-33(42)29-26(38)17-22-15-21-16-24-23(11-12-25(37)28(24)30(39)27(21)31(40)34(22,43)32(29)41)20-8-4-2-1-3-7-19(9-10-20)18-36-13-5-6-14-36/h1-4,9-12,21-22,27,29,37,43H,5-8,13-18H2,(H2,35,42)/t21-,22+,27?,29?,34+/m1/s1. The molecule has 3 fully saturated rings. The zero-order chi connectivity index (χ0) is 30.5.